The maximum absolute atomic E-state index is 10.3. The monoisotopic (exact) mass is 636 g/mol. The van der Waals surface area contributed by atoms with Crippen LogP contribution in [0.5, 0.6) is 0 Å². The van der Waals surface area contributed by atoms with E-state index in [1.165, 1.54) is 0 Å². The predicted octanol–water partition coefficient (Wildman–Crippen LogP) is 1.43. The summed E-state index contributed by atoms with van der Waals surface area (Å²) in [5.41, 5.74) is 1.95. The molecule has 0 fully saturated rings. The molecule has 3 rings (SSSR count). The number of carbonyl (C=O) groups is 3. The molecule has 0 heterocycles. The SMILES string of the molecule is O=C([O-])C(S)c1ccccc1.O=C([O-])C(S)c1ccccc1.O=C([O-])C(S)c1ccccc1.[CH3][Sn+3]. The number of benzene rings is 3. The number of hydrogen-bond acceptors (Lipinski definition) is 9. The molecule has 0 aliphatic heterocycles. The third-order valence-corrected chi connectivity index (χ3v) is 5.54. The molecule has 182 valence electrons. The van der Waals surface area contributed by atoms with Crippen molar-refractivity contribution in [3.8, 4) is 0 Å². The fraction of sp³-hybridized carbons (Fsp3) is 0.160. The van der Waals surface area contributed by atoms with Crippen LogP contribution in [0.4, 0.5) is 0 Å². The average Bonchev–Trinajstić information content (AvgIpc) is 2.90. The zero-order valence-electron chi connectivity index (χ0n) is 18.7. The van der Waals surface area contributed by atoms with Crippen molar-refractivity contribution < 1.29 is 29.7 Å². The third-order valence-electron chi connectivity index (χ3n) is 4.02. The predicted molar refractivity (Wildman–Crippen MR) is 141 cm³/mol. The summed E-state index contributed by atoms with van der Waals surface area (Å²) in [6.45, 7) is 0. The van der Waals surface area contributed by atoms with Gasteiger partial charge in [0.1, 0.15) is 0 Å². The van der Waals surface area contributed by atoms with Gasteiger partial charge >= 0.3 is 27.5 Å². The molecule has 3 aromatic rings. The van der Waals surface area contributed by atoms with E-state index in [9.17, 15) is 29.7 Å². The number of aliphatic carboxylic acids is 3. The van der Waals surface area contributed by atoms with E-state index in [0.717, 1.165) is 0 Å². The van der Waals surface area contributed by atoms with E-state index >= 15 is 0 Å². The van der Waals surface area contributed by atoms with Gasteiger partial charge in [-0.05, 0) is 16.7 Å². The normalized spacial score (nSPS) is 11.9. The summed E-state index contributed by atoms with van der Waals surface area (Å²) in [6, 6.07) is 26.3. The molecule has 0 aromatic heterocycles. The van der Waals surface area contributed by atoms with Crippen molar-refractivity contribution in [2.75, 3.05) is 0 Å². The Morgan fingerprint density at radius 1 is 0.514 bits per heavy atom. The molecule has 0 spiro atoms. The molecule has 0 aliphatic carbocycles. The minimum atomic E-state index is -1.17. The Hall–Kier alpha value is -2.08. The Kier molecular flexibility index (Phi) is 18.0. The summed E-state index contributed by atoms with van der Waals surface area (Å²) < 4.78 is 0. The Labute approximate surface area is 235 Å². The number of rotatable bonds is 6. The molecule has 0 N–H and O–H groups in total. The minimum absolute atomic E-state index is 0.649. The van der Waals surface area contributed by atoms with Gasteiger partial charge in [-0.1, -0.05) is 91.0 Å². The van der Waals surface area contributed by atoms with Gasteiger partial charge in [-0.15, -0.1) is 0 Å². The molecule has 3 aromatic carbocycles. The zero-order chi connectivity index (χ0) is 26.8. The first-order valence-electron chi connectivity index (χ1n) is 9.96. The van der Waals surface area contributed by atoms with Crippen LogP contribution in [-0.4, -0.2) is 40.4 Å². The van der Waals surface area contributed by atoms with Crippen molar-refractivity contribution in [1.82, 2.24) is 0 Å². The van der Waals surface area contributed by atoms with Crippen molar-refractivity contribution in [2.45, 2.75) is 20.7 Å². The molecular weight excluding hydrogens is 611 g/mol. The first-order valence-corrected chi connectivity index (χ1v) is 14.4. The van der Waals surface area contributed by atoms with E-state index in [-0.39, 0.29) is 0 Å². The standard InChI is InChI=1S/3C8H8O2S.CH3.Sn/c3*9-8(10)7(11)6-4-2-1-3-5-6;;/h3*1-5,7,11H,(H,9,10);1H3;/q;;;;+3/p-3. The summed E-state index contributed by atoms with van der Waals surface area (Å²) in [4.78, 5) is 33.0. The van der Waals surface area contributed by atoms with E-state index in [1.54, 1.807) is 95.3 Å². The number of carbonyl (C=O) groups excluding carboxylic acids is 3. The Morgan fingerprint density at radius 2 is 0.686 bits per heavy atom. The van der Waals surface area contributed by atoms with Crippen LogP contribution < -0.4 is 15.3 Å². The van der Waals surface area contributed by atoms with Crippen molar-refractivity contribution in [3.63, 3.8) is 0 Å². The van der Waals surface area contributed by atoms with E-state index in [4.69, 9.17) is 0 Å². The van der Waals surface area contributed by atoms with Gasteiger partial charge in [-0.25, -0.2) is 0 Å². The second kappa shape index (κ2) is 19.1. The van der Waals surface area contributed by atoms with Crippen LogP contribution in [0.25, 0.3) is 0 Å². The maximum atomic E-state index is 10.3. The molecule has 0 saturated carbocycles. The van der Waals surface area contributed by atoms with Gasteiger partial charge in [-0.2, -0.15) is 37.9 Å². The molecule has 3 atom stereocenters. The van der Waals surface area contributed by atoms with Crippen molar-refractivity contribution in [3.05, 3.63) is 108 Å². The molecule has 6 nitrogen and oxygen atoms in total. The first-order chi connectivity index (χ1) is 16.6. The van der Waals surface area contributed by atoms with Crippen molar-refractivity contribution in [2.24, 2.45) is 0 Å². The van der Waals surface area contributed by atoms with E-state index in [1.807, 2.05) is 18.2 Å². The van der Waals surface area contributed by atoms with Crippen LogP contribution in [0, 0.1) is 0 Å². The quantitative estimate of drug-likeness (QED) is 0.279. The van der Waals surface area contributed by atoms with Gasteiger partial charge in [0.15, 0.2) is 0 Å². The number of carboxylic acid groups (broad SMARTS) is 3. The Morgan fingerprint density at radius 3 is 0.829 bits per heavy atom. The van der Waals surface area contributed by atoms with Gasteiger partial charge in [0.05, 0.1) is 33.7 Å². The summed E-state index contributed by atoms with van der Waals surface area (Å²) in [5, 5.41) is 28.5. The van der Waals surface area contributed by atoms with Gasteiger partial charge in [-0.3, -0.25) is 0 Å². The van der Waals surface area contributed by atoms with E-state index < -0.39 is 33.7 Å². The summed E-state index contributed by atoms with van der Waals surface area (Å²) in [7, 11) is 0. The molecule has 0 aliphatic rings. The molecule has 0 saturated heterocycles. The molecule has 0 radical (unpaired) electrons. The Balaban J connectivity index is 0.000000478. The molecule has 10 heteroatoms. The molecule has 0 amide bonds. The number of hydrogen-bond donors (Lipinski definition) is 3. The van der Waals surface area contributed by atoms with Gasteiger partial charge in [0, 0.05) is 0 Å². The fourth-order valence-electron chi connectivity index (χ4n) is 2.31. The van der Waals surface area contributed by atoms with Gasteiger partial charge in [0.25, 0.3) is 0 Å². The molecule has 35 heavy (non-hydrogen) atoms. The van der Waals surface area contributed by atoms with Crippen LogP contribution in [0.15, 0.2) is 91.0 Å². The average molecular weight is 635 g/mol. The fourth-order valence-corrected chi connectivity index (χ4v) is 2.83. The number of thiol groups is 3. The van der Waals surface area contributed by atoms with Gasteiger partial charge < -0.3 is 29.7 Å². The van der Waals surface area contributed by atoms with Gasteiger partial charge in [0.2, 0.25) is 0 Å². The van der Waals surface area contributed by atoms with Crippen LogP contribution >= 0.6 is 37.9 Å². The Bertz CT molecular complexity index is 876. The van der Waals surface area contributed by atoms with Crippen LogP contribution in [0.2, 0.25) is 4.94 Å². The second-order valence-electron chi connectivity index (χ2n) is 6.40. The number of carboxylic acids is 3. The summed E-state index contributed by atoms with van der Waals surface area (Å²) in [5.74, 6) is -3.50. The van der Waals surface area contributed by atoms with Crippen molar-refractivity contribution >= 4 is 78.3 Å². The topological polar surface area (TPSA) is 120 Å². The van der Waals surface area contributed by atoms with Crippen LogP contribution in [-0.2, 0) is 14.4 Å². The molecule has 0 bridgehead atoms. The summed E-state index contributed by atoms with van der Waals surface area (Å²) in [6.07, 6.45) is 0. The first kappa shape index (κ1) is 32.9. The van der Waals surface area contributed by atoms with Crippen molar-refractivity contribution in [1.29, 1.82) is 0 Å². The van der Waals surface area contributed by atoms with E-state index in [0.29, 0.717) is 16.7 Å². The van der Waals surface area contributed by atoms with Crippen LogP contribution in [0.3, 0.4) is 0 Å². The summed E-state index contributed by atoms with van der Waals surface area (Å²) >= 11 is 13.1. The second-order valence-corrected chi connectivity index (χ2v) is 7.95. The molecule has 3 unspecified atom stereocenters. The zero-order valence-corrected chi connectivity index (χ0v) is 24.2. The molecular formula is C25H24O6S3Sn. The third kappa shape index (κ3) is 13.6. The van der Waals surface area contributed by atoms with E-state index in [2.05, 4.69) is 42.8 Å². The van der Waals surface area contributed by atoms with Crippen LogP contribution in [0.1, 0.15) is 32.4 Å².